The number of hydrogen-bond acceptors (Lipinski definition) is 5. The zero-order valence-electron chi connectivity index (χ0n) is 11.6. The number of nitrogens with one attached hydrogen (secondary N) is 1. The van der Waals surface area contributed by atoms with Crippen molar-refractivity contribution in [3.63, 3.8) is 0 Å². The number of amides is 1. The Kier molecular flexibility index (Phi) is 4.20. The highest BCUT2D eigenvalue weighted by atomic mass is 32.1. The molecule has 1 amide bonds. The number of carbonyl (C=O) groups excluding carboxylic acids is 1. The minimum atomic E-state index is -0.209. The Morgan fingerprint density at radius 2 is 2.30 bits per heavy atom. The van der Waals surface area contributed by atoms with Crippen LogP contribution in [0.3, 0.4) is 0 Å². The smallest absolute Gasteiger partial charge is 0.263 e. The summed E-state index contributed by atoms with van der Waals surface area (Å²) in [5, 5.41) is 12.1. The normalized spacial score (nSPS) is 11.9. The largest absolute Gasteiger partial charge is 0.459 e. The first-order valence-corrected chi connectivity index (χ1v) is 7.05. The number of rotatable bonds is 4. The summed E-state index contributed by atoms with van der Waals surface area (Å²) in [6.45, 7) is 5.75. The molecule has 0 fully saturated rings. The van der Waals surface area contributed by atoms with Crippen molar-refractivity contribution < 1.29 is 9.21 Å². The highest BCUT2D eigenvalue weighted by Crippen LogP contribution is 2.29. The zero-order valence-corrected chi connectivity index (χ0v) is 12.4. The summed E-state index contributed by atoms with van der Waals surface area (Å²) in [6, 6.07) is 5.78. The Balaban J connectivity index is 2.15. The minimum absolute atomic E-state index is 0.198. The third-order valence-electron chi connectivity index (χ3n) is 2.74. The van der Waals surface area contributed by atoms with E-state index in [1.54, 1.807) is 13.8 Å². The van der Waals surface area contributed by atoms with Crippen molar-refractivity contribution in [3.05, 3.63) is 28.5 Å². The summed E-state index contributed by atoms with van der Waals surface area (Å²) in [5.41, 5.74) is 0.668. The van der Waals surface area contributed by atoms with Crippen LogP contribution in [-0.4, -0.2) is 17.4 Å². The van der Waals surface area contributed by atoms with Gasteiger partial charge in [0.15, 0.2) is 10.8 Å². The molecule has 2 rings (SSSR count). The molecule has 20 heavy (non-hydrogen) atoms. The number of aromatic nitrogens is 1. The molecule has 0 aliphatic heterocycles. The third-order valence-corrected chi connectivity index (χ3v) is 3.91. The number of nitrogens with zero attached hydrogens (tertiary/aromatic N) is 2. The molecule has 1 N–H and O–H groups in total. The molecule has 104 valence electrons. The SMILES string of the molecule is Cc1ccc(-c2nc(C)c(C(=O)NCC(C)C#N)s2)o1. The Bertz CT molecular complexity index is 666. The van der Waals surface area contributed by atoms with E-state index in [0.29, 0.717) is 27.9 Å². The van der Waals surface area contributed by atoms with Crippen LogP contribution in [0, 0.1) is 31.1 Å². The van der Waals surface area contributed by atoms with Crippen molar-refractivity contribution in [2.24, 2.45) is 5.92 Å². The number of nitriles is 1. The van der Waals surface area contributed by atoms with Crippen molar-refractivity contribution in [2.75, 3.05) is 6.54 Å². The molecule has 0 saturated heterocycles. The predicted octanol–water partition coefficient (Wildman–Crippen LogP) is 2.91. The standard InChI is InChI=1S/C14H15N3O2S/c1-8(6-15)7-16-13(18)12-10(3)17-14(20-12)11-5-4-9(2)19-11/h4-5,8H,7H2,1-3H3,(H,16,18). The Labute approximate surface area is 121 Å². The second-order valence-electron chi connectivity index (χ2n) is 4.58. The number of thiazole rings is 1. The van der Waals surface area contributed by atoms with E-state index in [0.717, 1.165) is 5.76 Å². The average molecular weight is 289 g/mol. The fraction of sp³-hybridized carbons (Fsp3) is 0.357. The minimum Gasteiger partial charge on any atom is -0.459 e. The van der Waals surface area contributed by atoms with Gasteiger partial charge in [0.25, 0.3) is 5.91 Å². The molecular formula is C14H15N3O2S. The van der Waals surface area contributed by atoms with Crippen molar-refractivity contribution in [2.45, 2.75) is 20.8 Å². The van der Waals surface area contributed by atoms with Crippen LogP contribution in [0.25, 0.3) is 10.8 Å². The quantitative estimate of drug-likeness (QED) is 0.938. The predicted molar refractivity (Wildman–Crippen MR) is 76.4 cm³/mol. The van der Waals surface area contributed by atoms with Gasteiger partial charge in [-0.05, 0) is 32.9 Å². The highest BCUT2D eigenvalue weighted by Gasteiger charge is 2.18. The van der Waals surface area contributed by atoms with Gasteiger partial charge in [-0.1, -0.05) is 0 Å². The van der Waals surface area contributed by atoms with Crippen LogP contribution in [-0.2, 0) is 0 Å². The molecule has 0 radical (unpaired) electrons. The zero-order chi connectivity index (χ0) is 14.7. The van der Waals surface area contributed by atoms with Gasteiger partial charge in [0.2, 0.25) is 0 Å². The molecule has 0 aromatic carbocycles. The van der Waals surface area contributed by atoms with Crippen LogP contribution in [0.2, 0.25) is 0 Å². The third kappa shape index (κ3) is 3.06. The Morgan fingerprint density at radius 1 is 1.55 bits per heavy atom. The summed E-state index contributed by atoms with van der Waals surface area (Å²) >= 11 is 1.29. The number of aryl methyl sites for hydroxylation is 2. The molecule has 2 aromatic heterocycles. The van der Waals surface area contributed by atoms with E-state index in [9.17, 15) is 4.79 Å². The second kappa shape index (κ2) is 5.88. The van der Waals surface area contributed by atoms with Crippen LogP contribution < -0.4 is 5.32 Å². The lowest BCUT2D eigenvalue weighted by atomic mass is 10.2. The molecule has 2 heterocycles. The van der Waals surface area contributed by atoms with Crippen LogP contribution >= 0.6 is 11.3 Å². The van der Waals surface area contributed by atoms with E-state index < -0.39 is 0 Å². The number of carbonyl (C=O) groups is 1. The summed E-state index contributed by atoms with van der Waals surface area (Å²) in [7, 11) is 0. The topological polar surface area (TPSA) is 78.9 Å². The molecule has 0 saturated carbocycles. The Morgan fingerprint density at radius 3 is 2.90 bits per heavy atom. The van der Waals surface area contributed by atoms with Crippen LogP contribution in [0.1, 0.15) is 28.0 Å². The van der Waals surface area contributed by atoms with Gasteiger partial charge in [0.1, 0.15) is 10.6 Å². The lowest BCUT2D eigenvalue weighted by molar-refractivity contribution is 0.0954. The molecule has 6 heteroatoms. The lowest BCUT2D eigenvalue weighted by Gasteiger charge is -2.04. The fourth-order valence-corrected chi connectivity index (χ4v) is 2.58. The number of furan rings is 1. The van der Waals surface area contributed by atoms with E-state index in [1.165, 1.54) is 11.3 Å². The monoisotopic (exact) mass is 289 g/mol. The van der Waals surface area contributed by atoms with Crippen LogP contribution in [0.5, 0.6) is 0 Å². The first-order valence-electron chi connectivity index (χ1n) is 6.23. The van der Waals surface area contributed by atoms with Gasteiger partial charge in [-0.15, -0.1) is 11.3 Å². The lowest BCUT2D eigenvalue weighted by Crippen LogP contribution is -2.27. The van der Waals surface area contributed by atoms with E-state index in [-0.39, 0.29) is 11.8 Å². The van der Waals surface area contributed by atoms with E-state index >= 15 is 0 Å². The van der Waals surface area contributed by atoms with Gasteiger partial charge in [-0.3, -0.25) is 4.79 Å². The molecular weight excluding hydrogens is 274 g/mol. The summed E-state index contributed by atoms with van der Waals surface area (Å²) < 4.78 is 5.51. The van der Waals surface area contributed by atoms with E-state index in [2.05, 4.69) is 16.4 Å². The Hall–Kier alpha value is -2.13. The molecule has 2 aromatic rings. The van der Waals surface area contributed by atoms with Gasteiger partial charge < -0.3 is 9.73 Å². The van der Waals surface area contributed by atoms with Gasteiger partial charge in [0.05, 0.1) is 17.7 Å². The van der Waals surface area contributed by atoms with Gasteiger partial charge in [-0.2, -0.15) is 5.26 Å². The summed E-state index contributed by atoms with van der Waals surface area (Å²) in [4.78, 5) is 17.0. The van der Waals surface area contributed by atoms with E-state index in [1.807, 2.05) is 19.1 Å². The molecule has 5 nitrogen and oxygen atoms in total. The van der Waals surface area contributed by atoms with Crippen molar-refractivity contribution in [1.29, 1.82) is 5.26 Å². The maximum absolute atomic E-state index is 12.1. The maximum atomic E-state index is 12.1. The average Bonchev–Trinajstić information content (AvgIpc) is 3.01. The molecule has 0 aliphatic carbocycles. The highest BCUT2D eigenvalue weighted by molar-refractivity contribution is 7.17. The summed E-state index contributed by atoms with van der Waals surface area (Å²) in [6.07, 6.45) is 0. The molecule has 1 unspecified atom stereocenters. The molecule has 1 atom stereocenters. The van der Waals surface area contributed by atoms with Crippen LogP contribution in [0.15, 0.2) is 16.5 Å². The molecule has 0 aliphatic rings. The molecule has 0 bridgehead atoms. The molecule has 0 spiro atoms. The van der Waals surface area contributed by atoms with Crippen molar-refractivity contribution in [1.82, 2.24) is 10.3 Å². The maximum Gasteiger partial charge on any atom is 0.263 e. The van der Waals surface area contributed by atoms with Crippen LogP contribution in [0.4, 0.5) is 0 Å². The van der Waals surface area contributed by atoms with Gasteiger partial charge >= 0.3 is 0 Å². The van der Waals surface area contributed by atoms with Gasteiger partial charge in [0, 0.05) is 6.54 Å². The first kappa shape index (κ1) is 14.3. The van der Waals surface area contributed by atoms with Crippen molar-refractivity contribution >= 4 is 17.2 Å². The van der Waals surface area contributed by atoms with Gasteiger partial charge in [-0.25, -0.2) is 4.98 Å². The van der Waals surface area contributed by atoms with Crippen molar-refractivity contribution in [3.8, 4) is 16.8 Å². The fourth-order valence-electron chi connectivity index (χ4n) is 1.63. The number of hydrogen-bond donors (Lipinski definition) is 1. The summed E-state index contributed by atoms with van der Waals surface area (Å²) in [5.74, 6) is 1.07. The van der Waals surface area contributed by atoms with E-state index in [4.69, 9.17) is 9.68 Å². The first-order chi connectivity index (χ1) is 9.51. The second-order valence-corrected chi connectivity index (χ2v) is 5.58.